The molecule has 0 aromatic carbocycles. The zero-order valence-electron chi connectivity index (χ0n) is 12.6. The van der Waals surface area contributed by atoms with E-state index in [1.807, 2.05) is 11.0 Å². The number of rotatable bonds is 5. The first-order valence-electron chi connectivity index (χ1n) is 7.27. The fraction of sp³-hybridized carbons (Fsp3) is 0.533. The highest BCUT2D eigenvalue weighted by Crippen LogP contribution is 2.13. The van der Waals surface area contributed by atoms with Gasteiger partial charge in [0.1, 0.15) is 0 Å². The van der Waals surface area contributed by atoms with Gasteiger partial charge in [0.2, 0.25) is 0 Å². The predicted octanol–water partition coefficient (Wildman–Crippen LogP) is 0.0167. The lowest BCUT2D eigenvalue weighted by atomic mass is 10.0. The summed E-state index contributed by atoms with van der Waals surface area (Å²) in [5.74, 6) is -0.793. The first-order valence-corrected chi connectivity index (χ1v) is 7.27. The van der Waals surface area contributed by atoms with Gasteiger partial charge in [-0.2, -0.15) is 0 Å². The van der Waals surface area contributed by atoms with Gasteiger partial charge in [0.25, 0.3) is 5.91 Å². The van der Waals surface area contributed by atoms with Crippen LogP contribution in [-0.4, -0.2) is 66.8 Å². The van der Waals surface area contributed by atoms with Crippen LogP contribution in [0.3, 0.4) is 0 Å². The number of hydrogen-bond acceptors (Lipinski definition) is 5. The van der Waals surface area contributed by atoms with E-state index in [0.29, 0.717) is 38.3 Å². The smallest absolute Gasteiger partial charge is 0.317 e. The third-order valence-corrected chi connectivity index (χ3v) is 3.59. The molecule has 1 fully saturated rings. The Hall–Kier alpha value is -1.99. The lowest BCUT2D eigenvalue weighted by molar-refractivity contribution is -0.138. The van der Waals surface area contributed by atoms with Crippen LogP contribution in [0.5, 0.6) is 0 Å². The van der Waals surface area contributed by atoms with Crippen LogP contribution in [0.1, 0.15) is 16.1 Å². The molecule has 1 atom stereocenters. The van der Waals surface area contributed by atoms with Crippen molar-refractivity contribution in [2.24, 2.45) is 5.92 Å². The Kier molecular flexibility index (Phi) is 5.85. The van der Waals surface area contributed by atoms with Crippen molar-refractivity contribution >= 4 is 11.9 Å². The van der Waals surface area contributed by atoms with Crippen LogP contribution in [0.25, 0.3) is 0 Å². The summed E-state index contributed by atoms with van der Waals surface area (Å²) in [4.78, 5) is 28.5. The standard InChI is InChI=1S/C15H21N3O4/c1-16-15(21)12-2-3-13(17-7-12)6-11-8-18(9-14(19)20)4-5-22-10-11/h2-3,7,11H,4-6,8-10H2,1H3,(H,16,21)(H,19,20)/t11-/m0/s1. The van der Waals surface area contributed by atoms with Crippen LogP contribution < -0.4 is 5.32 Å². The lowest BCUT2D eigenvalue weighted by Gasteiger charge is -2.21. The van der Waals surface area contributed by atoms with Crippen molar-refractivity contribution in [3.8, 4) is 0 Å². The van der Waals surface area contributed by atoms with Crippen molar-refractivity contribution in [2.45, 2.75) is 6.42 Å². The number of carbonyl (C=O) groups excluding carboxylic acids is 1. The Bertz CT molecular complexity index is 518. The van der Waals surface area contributed by atoms with E-state index in [0.717, 1.165) is 5.69 Å². The van der Waals surface area contributed by atoms with Gasteiger partial charge >= 0.3 is 5.97 Å². The van der Waals surface area contributed by atoms with E-state index >= 15 is 0 Å². The molecule has 1 aromatic rings. The molecule has 0 saturated carbocycles. The minimum Gasteiger partial charge on any atom is -0.480 e. The molecule has 7 nitrogen and oxygen atoms in total. The average Bonchev–Trinajstić information content (AvgIpc) is 2.71. The SMILES string of the molecule is CNC(=O)c1ccc(C[C@@H]2COCCN(CC(=O)O)C2)nc1. The summed E-state index contributed by atoms with van der Waals surface area (Å²) in [5.41, 5.74) is 1.40. The van der Waals surface area contributed by atoms with Crippen molar-refractivity contribution in [2.75, 3.05) is 39.9 Å². The molecule has 22 heavy (non-hydrogen) atoms. The molecule has 120 valence electrons. The summed E-state index contributed by atoms with van der Waals surface area (Å²) in [6.07, 6.45) is 2.25. The fourth-order valence-corrected chi connectivity index (χ4v) is 2.53. The number of amides is 1. The number of nitrogens with one attached hydrogen (secondary N) is 1. The van der Waals surface area contributed by atoms with E-state index in [9.17, 15) is 9.59 Å². The largest absolute Gasteiger partial charge is 0.480 e. The maximum atomic E-state index is 11.5. The zero-order valence-corrected chi connectivity index (χ0v) is 12.6. The molecule has 0 aliphatic carbocycles. The highest BCUT2D eigenvalue weighted by Gasteiger charge is 2.21. The van der Waals surface area contributed by atoms with Crippen molar-refractivity contribution < 1.29 is 19.4 Å². The Morgan fingerprint density at radius 1 is 1.50 bits per heavy atom. The molecule has 1 amide bonds. The number of aromatic nitrogens is 1. The van der Waals surface area contributed by atoms with Crippen molar-refractivity contribution in [1.29, 1.82) is 0 Å². The number of ether oxygens (including phenoxy) is 1. The van der Waals surface area contributed by atoms with Gasteiger partial charge in [0, 0.05) is 37.9 Å². The monoisotopic (exact) mass is 307 g/mol. The van der Waals surface area contributed by atoms with Crippen LogP contribution in [0.15, 0.2) is 18.3 Å². The molecule has 2 heterocycles. The van der Waals surface area contributed by atoms with Gasteiger partial charge < -0.3 is 15.2 Å². The molecule has 0 spiro atoms. The minimum absolute atomic E-state index is 0.0307. The topological polar surface area (TPSA) is 91.8 Å². The van der Waals surface area contributed by atoms with Gasteiger partial charge in [-0.3, -0.25) is 19.5 Å². The van der Waals surface area contributed by atoms with E-state index < -0.39 is 5.97 Å². The van der Waals surface area contributed by atoms with Crippen LogP contribution in [0.4, 0.5) is 0 Å². The number of pyridine rings is 1. The van der Waals surface area contributed by atoms with Crippen LogP contribution in [0.2, 0.25) is 0 Å². The van der Waals surface area contributed by atoms with E-state index in [2.05, 4.69) is 10.3 Å². The molecule has 0 radical (unpaired) electrons. The molecule has 7 heteroatoms. The molecule has 1 aliphatic rings. The molecular formula is C15H21N3O4. The molecule has 0 unspecified atom stereocenters. The maximum absolute atomic E-state index is 11.5. The second kappa shape index (κ2) is 7.86. The van der Waals surface area contributed by atoms with Crippen molar-refractivity contribution in [3.63, 3.8) is 0 Å². The summed E-state index contributed by atoms with van der Waals surface area (Å²) >= 11 is 0. The van der Waals surface area contributed by atoms with Gasteiger partial charge in [0.15, 0.2) is 0 Å². The minimum atomic E-state index is -0.825. The first kappa shape index (κ1) is 16.4. The number of aliphatic carboxylic acids is 1. The Morgan fingerprint density at radius 3 is 2.95 bits per heavy atom. The van der Waals surface area contributed by atoms with Crippen LogP contribution >= 0.6 is 0 Å². The summed E-state index contributed by atoms with van der Waals surface area (Å²) in [7, 11) is 1.58. The van der Waals surface area contributed by atoms with E-state index in [-0.39, 0.29) is 18.4 Å². The molecule has 1 aromatic heterocycles. The second-order valence-electron chi connectivity index (χ2n) is 5.39. The van der Waals surface area contributed by atoms with Gasteiger partial charge in [-0.25, -0.2) is 0 Å². The summed E-state index contributed by atoms with van der Waals surface area (Å²) in [5, 5.41) is 11.5. The van der Waals surface area contributed by atoms with Crippen molar-refractivity contribution in [1.82, 2.24) is 15.2 Å². The highest BCUT2D eigenvalue weighted by atomic mass is 16.5. The zero-order chi connectivity index (χ0) is 15.9. The van der Waals surface area contributed by atoms with Gasteiger partial charge in [-0.15, -0.1) is 0 Å². The summed E-state index contributed by atoms with van der Waals surface area (Å²) in [6.45, 7) is 2.47. The van der Waals surface area contributed by atoms with Gasteiger partial charge in [0.05, 0.1) is 25.3 Å². The highest BCUT2D eigenvalue weighted by molar-refractivity contribution is 5.93. The van der Waals surface area contributed by atoms with Gasteiger partial charge in [-0.05, 0) is 18.6 Å². The Balaban J connectivity index is 1.96. The second-order valence-corrected chi connectivity index (χ2v) is 5.39. The van der Waals surface area contributed by atoms with E-state index in [1.165, 1.54) is 0 Å². The number of hydrogen-bond donors (Lipinski definition) is 2. The number of nitrogens with zero attached hydrogens (tertiary/aromatic N) is 2. The quantitative estimate of drug-likeness (QED) is 0.796. The van der Waals surface area contributed by atoms with E-state index in [1.54, 1.807) is 19.3 Å². The number of carbonyl (C=O) groups is 2. The third kappa shape index (κ3) is 4.78. The van der Waals surface area contributed by atoms with Crippen LogP contribution in [0, 0.1) is 5.92 Å². The Morgan fingerprint density at radius 2 is 2.32 bits per heavy atom. The first-order chi connectivity index (χ1) is 10.6. The maximum Gasteiger partial charge on any atom is 0.317 e. The molecule has 2 rings (SSSR count). The van der Waals surface area contributed by atoms with E-state index in [4.69, 9.17) is 9.84 Å². The predicted molar refractivity (Wildman–Crippen MR) is 79.7 cm³/mol. The Labute approximate surface area is 129 Å². The average molecular weight is 307 g/mol. The fourth-order valence-electron chi connectivity index (χ4n) is 2.53. The van der Waals surface area contributed by atoms with Crippen LogP contribution in [-0.2, 0) is 16.0 Å². The van der Waals surface area contributed by atoms with Crippen molar-refractivity contribution in [3.05, 3.63) is 29.6 Å². The molecular weight excluding hydrogens is 286 g/mol. The summed E-state index contributed by atoms with van der Waals surface area (Å²) in [6, 6.07) is 3.57. The lowest BCUT2D eigenvalue weighted by Crippen LogP contribution is -2.35. The molecule has 0 bridgehead atoms. The molecule has 1 saturated heterocycles. The number of carboxylic acids is 1. The molecule has 2 N–H and O–H groups in total. The summed E-state index contributed by atoms with van der Waals surface area (Å²) < 4.78 is 5.54. The molecule has 1 aliphatic heterocycles. The number of carboxylic acid groups (broad SMARTS) is 1. The normalized spacial score (nSPS) is 19.4. The third-order valence-electron chi connectivity index (χ3n) is 3.59. The van der Waals surface area contributed by atoms with Gasteiger partial charge in [-0.1, -0.05) is 0 Å².